The molecule has 0 N–H and O–H groups in total. The van der Waals surface area contributed by atoms with Gasteiger partial charge in [-0.1, -0.05) is 91.0 Å². The van der Waals surface area contributed by atoms with Crippen LogP contribution in [0.25, 0.3) is 61.1 Å². The number of benzene rings is 4. The van der Waals surface area contributed by atoms with Crippen LogP contribution in [0.5, 0.6) is 0 Å². The second-order valence-corrected chi connectivity index (χ2v) is 8.13. The van der Waals surface area contributed by atoms with Gasteiger partial charge in [0.15, 0.2) is 5.65 Å². The van der Waals surface area contributed by atoms with Crippen molar-refractivity contribution in [1.29, 1.82) is 0 Å². The Balaban J connectivity index is 1.72. The van der Waals surface area contributed by atoms with Crippen molar-refractivity contribution in [2.45, 2.75) is 0 Å². The first-order valence-electron chi connectivity index (χ1n) is 11.0. The smallest absolute Gasteiger partial charge is 0.166 e. The number of rotatable bonds is 2. The molecule has 0 saturated heterocycles. The van der Waals surface area contributed by atoms with Crippen LogP contribution in [-0.2, 0) is 0 Å². The number of fused-ring (bicyclic) bond motifs is 8. The molecular formula is C29H18N4. The highest BCUT2D eigenvalue weighted by molar-refractivity contribution is 6.11. The molecule has 33 heavy (non-hydrogen) atoms. The summed E-state index contributed by atoms with van der Waals surface area (Å²) >= 11 is 0. The molecule has 0 bridgehead atoms. The molecule has 0 fully saturated rings. The Morgan fingerprint density at radius 2 is 1.00 bits per heavy atom. The lowest BCUT2D eigenvalue weighted by molar-refractivity contribution is 1.25. The van der Waals surface area contributed by atoms with Crippen molar-refractivity contribution in [3.8, 4) is 22.5 Å². The molecule has 0 aliphatic carbocycles. The van der Waals surface area contributed by atoms with Crippen LogP contribution in [0.15, 0.2) is 109 Å². The Hall–Kier alpha value is -4.57. The molecule has 0 aliphatic rings. The van der Waals surface area contributed by atoms with Gasteiger partial charge < -0.3 is 0 Å². The van der Waals surface area contributed by atoms with Crippen molar-refractivity contribution < 1.29 is 0 Å². The van der Waals surface area contributed by atoms with Gasteiger partial charge in [0.25, 0.3) is 0 Å². The van der Waals surface area contributed by atoms with Crippen molar-refractivity contribution in [3.63, 3.8) is 0 Å². The van der Waals surface area contributed by atoms with Gasteiger partial charge in [0.05, 0.1) is 27.9 Å². The molecule has 4 nitrogen and oxygen atoms in total. The minimum atomic E-state index is 0.809. The molecule has 7 rings (SSSR count). The van der Waals surface area contributed by atoms with Gasteiger partial charge in [-0.15, -0.1) is 0 Å². The van der Waals surface area contributed by atoms with Crippen molar-refractivity contribution in [2.75, 3.05) is 0 Å². The van der Waals surface area contributed by atoms with E-state index >= 15 is 0 Å². The van der Waals surface area contributed by atoms with Crippen LogP contribution in [0, 0.1) is 0 Å². The molecule has 0 spiro atoms. The molecule has 0 unspecified atom stereocenters. The zero-order valence-corrected chi connectivity index (χ0v) is 17.7. The Labute approximate surface area is 189 Å². The fourth-order valence-electron chi connectivity index (χ4n) is 4.67. The highest BCUT2D eigenvalue weighted by Gasteiger charge is 2.19. The standard InChI is InChI=1S/C29H18N4/c1-3-11-19(12-4-1)25-26(20-13-5-2-6-14-20)32-28-27(31-25)21-15-7-9-17-23(21)33-24-18-10-8-16-22(24)30-29(28)33/h1-18H. The van der Waals surface area contributed by atoms with Crippen molar-refractivity contribution >= 4 is 38.6 Å². The summed E-state index contributed by atoms with van der Waals surface area (Å²) in [5, 5.41) is 1.06. The van der Waals surface area contributed by atoms with Crippen molar-refractivity contribution in [3.05, 3.63) is 109 Å². The molecule has 7 aromatic rings. The normalized spacial score (nSPS) is 11.6. The number of aromatic nitrogens is 4. The fourth-order valence-corrected chi connectivity index (χ4v) is 4.67. The van der Waals surface area contributed by atoms with Gasteiger partial charge in [-0.05, 0) is 18.2 Å². The lowest BCUT2D eigenvalue weighted by Gasteiger charge is -2.13. The van der Waals surface area contributed by atoms with Crippen LogP contribution in [0.3, 0.4) is 0 Å². The second kappa shape index (κ2) is 6.97. The van der Waals surface area contributed by atoms with Crippen LogP contribution < -0.4 is 0 Å². The van der Waals surface area contributed by atoms with E-state index in [0.29, 0.717) is 0 Å². The highest BCUT2D eigenvalue weighted by atomic mass is 15.0. The van der Waals surface area contributed by atoms with E-state index < -0.39 is 0 Å². The Bertz CT molecular complexity index is 1800. The number of imidazole rings is 1. The summed E-state index contributed by atoms with van der Waals surface area (Å²) in [6, 6.07) is 37.2. The van der Waals surface area contributed by atoms with Gasteiger partial charge in [0, 0.05) is 16.5 Å². The van der Waals surface area contributed by atoms with Gasteiger partial charge in [-0.25, -0.2) is 15.0 Å². The largest absolute Gasteiger partial charge is 0.290 e. The lowest BCUT2D eigenvalue weighted by atomic mass is 10.0. The minimum absolute atomic E-state index is 0.809. The van der Waals surface area contributed by atoms with Gasteiger partial charge in [0.2, 0.25) is 0 Å². The van der Waals surface area contributed by atoms with E-state index in [1.807, 2.05) is 48.5 Å². The molecule has 3 aromatic heterocycles. The number of para-hydroxylation sites is 3. The summed E-state index contributed by atoms with van der Waals surface area (Å²) in [6.07, 6.45) is 0. The summed E-state index contributed by atoms with van der Waals surface area (Å²) in [6.45, 7) is 0. The molecular weight excluding hydrogens is 404 g/mol. The van der Waals surface area contributed by atoms with Crippen molar-refractivity contribution in [2.24, 2.45) is 0 Å². The second-order valence-electron chi connectivity index (χ2n) is 8.13. The molecule has 154 valence electrons. The Morgan fingerprint density at radius 1 is 0.455 bits per heavy atom. The summed E-state index contributed by atoms with van der Waals surface area (Å²) in [5.41, 5.74) is 9.42. The first kappa shape index (κ1) is 18.0. The molecule has 0 saturated carbocycles. The summed E-state index contributed by atoms with van der Waals surface area (Å²) in [5.74, 6) is 0. The number of hydrogen-bond donors (Lipinski definition) is 0. The van der Waals surface area contributed by atoms with E-state index in [1.54, 1.807) is 0 Å². The quantitative estimate of drug-likeness (QED) is 0.284. The number of hydrogen-bond acceptors (Lipinski definition) is 3. The van der Waals surface area contributed by atoms with Gasteiger partial charge in [-0.3, -0.25) is 4.40 Å². The molecule has 0 atom stereocenters. The monoisotopic (exact) mass is 422 g/mol. The Kier molecular flexibility index (Phi) is 3.81. The molecule has 0 amide bonds. The van der Waals surface area contributed by atoms with Crippen LogP contribution in [0.1, 0.15) is 0 Å². The third-order valence-electron chi connectivity index (χ3n) is 6.16. The third kappa shape index (κ3) is 2.68. The first-order chi connectivity index (χ1) is 16.4. The molecule has 4 aromatic carbocycles. The van der Waals surface area contributed by atoms with E-state index in [1.165, 1.54) is 0 Å². The van der Waals surface area contributed by atoms with E-state index in [0.717, 1.165) is 61.1 Å². The molecule has 0 radical (unpaired) electrons. The average Bonchev–Trinajstić information content (AvgIpc) is 3.29. The maximum Gasteiger partial charge on any atom is 0.166 e. The van der Waals surface area contributed by atoms with Crippen LogP contribution >= 0.6 is 0 Å². The summed E-state index contributed by atoms with van der Waals surface area (Å²) in [7, 11) is 0. The van der Waals surface area contributed by atoms with Gasteiger partial charge in [0.1, 0.15) is 11.0 Å². The minimum Gasteiger partial charge on any atom is -0.290 e. The van der Waals surface area contributed by atoms with E-state index in [9.17, 15) is 0 Å². The predicted molar refractivity (Wildman–Crippen MR) is 134 cm³/mol. The van der Waals surface area contributed by atoms with Crippen molar-refractivity contribution in [1.82, 2.24) is 19.4 Å². The lowest BCUT2D eigenvalue weighted by Crippen LogP contribution is -2.00. The van der Waals surface area contributed by atoms with Crippen LogP contribution in [0.2, 0.25) is 0 Å². The predicted octanol–water partition coefficient (Wildman–Crippen LogP) is 6.92. The number of nitrogens with zero attached hydrogens (tertiary/aromatic N) is 4. The molecule has 3 heterocycles. The maximum atomic E-state index is 5.25. The molecule has 0 aliphatic heterocycles. The average molecular weight is 422 g/mol. The zero-order valence-electron chi connectivity index (χ0n) is 17.7. The van der Waals surface area contributed by atoms with Gasteiger partial charge >= 0.3 is 0 Å². The van der Waals surface area contributed by atoms with E-state index in [-0.39, 0.29) is 0 Å². The Morgan fingerprint density at radius 3 is 1.70 bits per heavy atom. The maximum absolute atomic E-state index is 5.25. The third-order valence-corrected chi connectivity index (χ3v) is 6.16. The van der Waals surface area contributed by atoms with Crippen LogP contribution in [0.4, 0.5) is 0 Å². The zero-order chi connectivity index (χ0) is 21.8. The number of pyridine rings is 1. The van der Waals surface area contributed by atoms with Gasteiger partial charge in [-0.2, -0.15) is 0 Å². The summed E-state index contributed by atoms with van der Waals surface area (Å²) in [4.78, 5) is 15.5. The fraction of sp³-hybridized carbons (Fsp3) is 0. The summed E-state index contributed by atoms with van der Waals surface area (Å²) < 4.78 is 2.21. The van der Waals surface area contributed by atoms with E-state index in [4.69, 9.17) is 15.0 Å². The van der Waals surface area contributed by atoms with E-state index in [2.05, 4.69) is 65.1 Å². The first-order valence-corrected chi connectivity index (χ1v) is 11.0. The topological polar surface area (TPSA) is 43.1 Å². The molecule has 4 heteroatoms. The van der Waals surface area contributed by atoms with Crippen LogP contribution in [-0.4, -0.2) is 19.4 Å². The SMILES string of the molecule is c1ccc(-c2nc3c4ccccc4n4c5ccccc5nc4c3nc2-c2ccccc2)cc1. The highest BCUT2D eigenvalue weighted by Crippen LogP contribution is 2.36.